The van der Waals surface area contributed by atoms with Gasteiger partial charge in [-0.25, -0.2) is 0 Å². The molecule has 2 aliphatic rings. The molecule has 1 aliphatic heterocycles. The first-order valence-corrected chi connectivity index (χ1v) is 6.36. The summed E-state index contributed by atoms with van der Waals surface area (Å²) in [5, 5.41) is 3.48. The highest BCUT2D eigenvalue weighted by Crippen LogP contribution is 2.35. The maximum absolute atomic E-state index is 11.3. The van der Waals surface area contributed by atoms with E-state index in [0.29, 0.717) is 12.0 Å². The van der Waals surface area contributed by atoms with E-state index in [1.165, 1.54) is 17.6 Å². The molecule has 2 bridgehead atoms. The fraction of sp³-hybridized carbons (Fsp3) is 0.500. The highest BCUT2D eigenvalue weighted by Gasteiger charge is 2.32. The van der Waals surface area contributed by atoms with Crippen LogP contribution in [-0.2, 0) is 7.05 Å². The van der Waals surface area contributed by atoms with Gasteiger partial charge < -0.3 is 9.88 Å². The fourth-order valence-corrected chi connectivity index (χ4v) is 2.56. The third-order valence-corrected chi connectivity index (χ3v) is 3.37. The summed E-state index contributed by atoms with van der Waals surface area (Å²) in [6.45, 7) is 5.11. The number of nitrogens with one attached hydrogen (secondary N) is 1. The number of hydrogen-bond donors (Lipinski definition) is 1. The Labute approximate surface area is 102 Å². The molecule has 0 aromatic carbocycles. The van der Waals surface area contributed by atoms with Gasteiger partial charge in [0.05, 0.1) is 0 Å². The van der Waals surface area contributed by atoms with Gasteiger partial charge in [0.1, 0.15) is 0 Å². The van der Waals surface area contributed by atoms with Crippen LogP contribution in [0.2, 0.25) is 0 Å². The van der Waals surface area contributed by atoms with Crippen molar-refractivity contribution in [2.24, 2.45) is 13.0 Å². The minimum absolute atomic E-state index is 0.0514. The van der Waals surface area contributed by atoms with E-state index >= 15 is 0 Å². The lowest BCUT2D eigenvalue weighted by Crippen LogP contribution is -2.25. The Morgan fingerprint density at radius 1 is 1.35 bits per heavy atom. The van der Waals surface area contributed by atoms with Crippen LogP contribution in [0.5, 0.6) is 0 Å². The lowest BCUT2D eigenvalue weighted by atomic mass is 10.0. The minimum Gasteiger partial charge on any atom is -0.318 e. The zero-order chi connectivity index (χ0) is 12.4. The lowest BCUT2D eigenvalue weighted by molar-refractivity contribution is 0.722. The van der Waals surface area contributed by atoms with Crippen molar-refractivity contribution in [3.63, 3.8) is 0 Å². The Morgan fingerprint density at radius 3 is 2.65 bits per heavy atom. The zero-order valence-electron chi connectivity index (χ0n) is 10.7. The second-order valence-corrected chi connectivity index (χ2v) is 4.45. The Morgan fingerprint density at radius 2 is 2.12 bits per heavy atom. The number of aryl methyl sites for hydroxylation is 1. The molecule has 0 spiro atoms. The molecule has 3 nitrogen and oxygen atoms in total. The van der Waals surface area contributed by atoms with Gasteiger partial charge in [0.2, 0.25) is 5.56 Å². The van der Waals surface area contributed by atoms with Crippen LogP contribution in [0.25, 0.3) is 5.57 Å². The van der Waals surface area contributed by atoms with Gasteiger partial charge in [0.25, 0.3) is 0 Å². The van der Waals surface area contributed by atoms with Gasteiger partial charge >= 0.3 is 0 Å². The Kier molecular flexibility index (Phi) is 3.48. The third-order valence-electron chi connectivity index (χ3n) is 3.37. The number of fused-ring (bicyclic) bond motifs is 2. The predicted octanol–water partition coefficient (Wildman–Crippen LogP) is 1.79. The van der Waals surface area contributed by atoms with Gasteiger partial charge in [-0.2, -0.15) is 0 Å². The van der Waals surface area contributed by atoms with Crippen molar-refractivity contribution in [2.45, 2.75) is 26.3 Å². The highest BCUT2D eigenvalue weighted by molar-refractivity contribution is 5.72. The van der Waals surface area contributed by atoms with Gasteiger partial charge in [-0.05, 0) is 29.5 Å². The van der Waals surface area contributed by atoms with Crippen LogP contribution >= 0.6 is 0 Å². The van der Waals surface area contributed by atoms with E-state index < -0.39 is 0 Å². The number of aromatic nitrogens is 1. The largest absolute Gasteiger partial charge is 0.318 e. The summed E-state index contributed by atoms with van der Waals surface area (Å²) >= 11 is 0. The molecule has 1 aromatic heterocycles. The monoisotopic (exact) mass is 232 g/mol. The van der Waals surface area contributed by atoms with Crippen molar-refractivity contribution in [3.8, 4) is 0 Å². The molecule has 1 aliphatic carbocycles. The SMILES string of the molecule is CC.Cn1cc(C2=CC3CNC2C3)ccc1=O. The summed E-state index contributed by atoms with van der Waals surface area (Å²) in [6.07, 6.45) is 5.50. The van der Waals surface area contributed by atoms with Crippen molar-refractivity contribution in [1.29, 1.82) is 0 Å². The second-order valence-electron chi connectivity index (χ2n) is 4.45. The Hall–Kier alpha value is -1.35. The van der Waals surface area contributed by atoms with Crippen molar-refractivity contribution >= 4 is 5.57 Å². The first-order chi connectivity index (χ1) is 8.24. The van der Waals surface area contributed by atoms with Gasteiger partial charge in [-0.1, -0.05) is 19.9 Å². The number of nitrogens with zero attached hydrogens (tertiary/aromatic N) is 1. The van der Waals surface area contributed by atoms with E-state index in [0.717, 1.165) is 6.54 Å². The molecule has 2 heterocycles. The van der Waals surface area contributed by atoms with Crippen LogP contribution in [0.3, 0.4) is 0 Å². The van der Waals surface area contributed by atoms with Crippen molar-refractivity contribution in [2.75, 3.05) is 6.54 Å². The molecule has 0 saturated carbocycles. The molecular weight excluding hydrogens is 212 g/mol. The van der Waals surface area contributed by atoms with Crippen LogP contribution < -0.4 is 10.9 Å². The van der Waals surface area contributed by atoms with Crippen LogP contribution in [-0.4, -0.2) is 17.2 Å². The van der Waals surface area contributed by atoms with Gasteiger partial charge in [0, 0.05) is 31.9 Å². The molecule has 2 unspecified atom stereocenters. The van der Waals surface area contributed by atoms with Gasteiger partial charge in [0.15, 0.2) is 0 Å². The fourth-order valence-electron chi connectivity index (χ4n) is 2.56. The van der Waals surface area contributed by atoms with E-state index in [-0.39, 0.29) is 5.56 Å². The Balaban J connectivity index is 0.000000514. The van der Waals surface area contributed by atoms with E-state index in [1.807, 2.05) is 26.1 Å². The topological polar surface area (TPSA) is 34.0 Å². The zero-order valence-corrected chi connectivity index (χ0v) is 10.7. The van der Waals surface area contributed by atoms with Crippen LogP contribution in [0, 0.1) is 5.92 Å². The summed E-state index contributed by atoms with van der Waals surface area (Å²) in [5.41, 5.74) is 2.59. The molecule has 1 fully saturated rings. The molecule has 1 saturated heterocycles. The maximum Gasteiger partial charge on any atom is 0.250 e. The average Bonchev–Trinajstić information content (AvgIpc) is 2.97. The molecule has 0 amide bonds. The summed E-state index contributed by atoms with van der Waals surface area (Å²) < 4.78 is 1.64. The molecule has 3 rings (SSSR count). The summed E-state index contributed by atoms with van der Waals surface area (Å²) in [5.74, 6) is 0.697. The smallest absolute Gasteiger partial charge is 0.250 e. The minimum atomic E-state index is 0.0514. The molecule has 3 heteroatoms. The quantitative estimate of drug-likeness (QED) is 0.801. The summed E-state index contributed by atoms with van der Waals surface area (Å²) in [6, 6.07) is 4.08. The van der Waals surface area contributed by atoms with Gasteiger partial charge in [-0.3, -0.25) is 4.79 Å². The summed E-state index contributed by atoms with van der Waals surface area (Å²) in [4.78, 5) is 11.3. The van der Waals surface area contributed by atoms with Crippen LogP contribution in [0.15, 0.2) is 29.2 Å². The standard InChI is InChI=1S/C12H14N2O.C2H6/c1-14-7-9(2-3-12(14)15)10-4-8-5-11(10)13-6-8;1-2/h2-4,7-8,11,13H,5-6H2,1H3;1-2H3. The first-order valence-electron chi connectivity index (χ1n) is 6.36. The maximum atomic E-state index is 11.3. The van der Waals surface area contributed by atoms with E-state index in [9.17, 15) is 4.79 Å². The molecule has 1 aromatic rings. The normalized spacial score (nSPS) is 25.2. The highest BCUT2D eigenvalue weighted by atomic mass is 16.1. The van der Waals surface area contributed by atoms with E-state index in [1.54, 1.807) is 17.7 Å². The molecule has 92 valence electrons. The molecule has 2 atom stereocenters. The molecular formula is C14H20N2O. The second kappa shape index (κ2) is 4.88. The van der Waals surface area contributed by atoms with Crippen molar-refractivity contribution in [3.05, 3.63) is 40.3 Å². The average molecular weight is 232 g/mol. The Bertz CT molecular complexity index is 487. The van der Waals surface area contributed by atoms with Crippen LogP contribution in [0.4, 0.5) is 0 Å². The molecule has 0 radical (unpaired) electrons. The van der Waals surface area contributed by atoms with Crippen molar-refractivity contribution in [1.82, 2.24) is 9.88 Å². The summed E-state index contributed by atoms with van der Waals surface area (Å²) in [7, 11) is 1.80. The van der Waals surface area contributed by atoms with E-state index in [4.69, 9.17) is 0 Å². The van der Waals surface area contributed by atoms with E-state index in [2.05, 4.69) is 11.4 Å². The predicted molar refractivity (Wildman–Crippen MR) is 70.9 cm³/mol. The molecule has 1 N–H and O–H groups in total. The number of rotatable bonds is 1. The lowest BCUT2D eigenvalue weighted by Gasteiger charge is -2.15. The van der Waals surface area contributed by atoms with Crippen LogP contribution in [0.1, 0.15) is 25.8 Å². The van der Waals surface area contributed by atoms with Gasteiger partial charge in [-0.15, -0.1) is 0 Å². The number of hydrogen-bond acceptors (Lipinski definition) is 2. The number of pyridine rings is 1. The molecule has 17 heavy (non-hydrogen) atoms. The van der Waals surface area contributed by atoms with Crippen molar-refractivity contribution < 1.29 is 0 Å². The first kappa shape index (κ1) is 12.1. The third kappa shape index (κ3) is 2.20.